The molecule has 0 spiro atoms. The Morgan fingerprint density at radius 3 is 1.54 bits per heavy atom. The molecule has 5 nitrogen and oxygen atoms in total. The zero-order chi connectivity index (χ0) is 19.4. The molecule has 2 aromatic rings. The maximum atomic E-state index is 12.5. The Kier molecular flexibility index (Phi) is 5.68. The van der Waals surface area contributed by atoms with Crippen LogP contribution in [0.25, 0.3) is 0 Å². The number of carbonyl (C=O) groups excluding carboxylic acids is 1. The van der Waals surface area contributed by atoms with Gasteiger partial charge in [0, 0.05) is 12.4 Å². The van der Waals surface area contributed by atoms with Crippen LogP contribution in [0, 0.1) is 0 Å². The number of hydrogen-bond donors (Lipinski definition) is 0. The van der Waals surface area contributed by atoms with E-state index in [4.69, 9.17) is 0 Å². The van der Waals surface area contributed by atoms with Crippen molar-refractivity contribution >= 4 is 5.78 Å². The predicted molar refractivity (Wildman–Crippen MR) is 75.0 cm³/mol. The first-order valence-corrected chi connectivity index (χ1v) is 6.91. The first-order valence-electron chi connectivity index (χ1n) is 6.91. The average molecular weight is 380 g/mol. The molecule has 0 bridgehead atoms. The van der Waals surface area contributed by atoms with Crippen LogP contribution in [-0.2, 0) is 0 Å². The Bertz CT molecular complexity index is 713. The van der Waals surface area contributed by atoms with Gasteiger partial charge in [-0.15, -0.1) is 0 Å². The summed E-state index contributed by atoms with van der Waals surface area (Å²) in [6.07, 6.45) is -7.11. The molecule has 2 rings (SSSR count). The van der Waals surface area contributed by atoms with Gasteiger partial charge in [-0.2, -0.15) is 26.3 Å². The van der Waals surface area contributed by atoms with Crippen molar-refractivity contribution in [2.75, 3.05) is 13.2 Å². The Balaban J connectivity index is 2.30. The van der Waals surface area contributed by atoms with Gasteiger partial charge < -0.3 is 9.47 Å². The normalized spacial score (nSPS) is 11.9. The minimum Gasteiger partial charge on any atom is -0.467 e. The van der Waals surface area contributed by atoms with Gasteiger partial charge in [-0.1, -0.05) is 0 Å². The summed E-state index contributed by atoms with van der Waals surface area (Å²) in [6.45, 7) is -3.37. The highest BCUT2D eigenvalue weighted by atomic mass is 19.4. The molecular weight excluding hydrogens is 370 g/mol. The van der Waals surface area contributed by atoms with Crippen LogP contribution < -0.4 is 9.47 Å². The topological polar surface area (TPSA) is 61.3 Å². The van der Waals surface area contributed by atoms with Gasteiger partial charge in [0.15, 0.2) is 13.2 Å². The average Bonchev–Trinajstić information content (AvgIpc) is 2.57. The van der Waals surface area contributed by atoms with E-state index in [1.807, 2.05) is 0 Å². The van der Waals surface area contributed by atoms with Crippen molar-refractivity contribution in [3.05, 3.63) is 47.8 Å². The van der Waals surface area contributed by atoms with Crippen LogP contribution in [0.4, 0.5) is 26.3 Å². The highest BCUT2D eigenvalue weighted by Gasteiger charge is 2.31. The third-order valence-electron chi connectivity index (χ3n) is 2.78. The molecule has 0 fully saturated rings. The van der Waals surface area contributed by atoms with Crippen LogP contribution in [0.1, 0.15) is 15.9 Å². The standard InChI is InChI=1S/C15H10F6N2O3/c16-14(17,18)7-25-12-9(3-1-5-22-12)11(24)10-4-2-6-23-13(10)26-8-15(19,20)21/h1-6H,7-8H2. The van der Waals surface area contributed by atoms with E-state index in [1.165, 1.54) is 12.1 Å². The fourth-order valence-electron chi connectivity index (χ4n) is 1.80. The van der Waals surface area contributed by atoms with Crippen molar-refractivity contribution < 1.29 is 40.6 Å². The van der Waals surface area contributed by atoms with Gasteiger partial charge in [0.05, 0.1) is 11.1 Å². The van der Waals surface area contributed by atoms with Gasteiger partial charge >= 0.3 is 12.4 Å². The second kappa shape index (κ2) is 7.58. The molecule has 0 saturated carbocycles. The summed E-state index contributed by atoms with van der Waals surface area (Å²) in [7, 11) is 0. The lowest BCUT2D eigenvalue weighted by molar-refractivity contribution is -0.154. The Morgan fingerprint density at radius 1 is 0.808 bits per heavy atom. The molecule has 0 saturated heterocycles. The van der Waals surface area contributed by atoms with E-state index in [0.717, 1.165) is 24.5 Å². The Morgan fingerprint density at radius 2 is 1.19 bits per heavy atom. The number of hydrogen-bond acceptors (Lipinski definition) is 5. The summed E-state index contributed by atoms with van der Waals surface area (Å²) in [6, 6.07) is 4.78. The molecule has 0 amide bonds. The van der Waals surface area contributed by atoms with Gasteiger partial charge in [0.25, 0.3) is 0 Å². The molecule has 2 aromatic heterocycles. The number of nitrogens with zero attached hydrogens (tertiary/aromatic N) is 2. The van der Waals surface area contributed by atoms with Crippen LogP contribution in [0.15, 0.2) is 36.7 Å². The zero-order valence-electron chi connectivity index (χ0n) is 12.8. The van der Waals surface area contributed by atoms with Crippen molar-refractivity contribution in [3.63, 3.8) is 0 Å². The predicted octanol–water partition coefficient (Wildman–Crippen LogP) is 3.59. The molecule has 0 radical (unpaired) electrons. The maximum absolute atomic E-state index is 12.5. The molecule has 0 aliphatic heterocycles. The van der Waals surface area contributed by atoms with Crippen LogP contribution >= 0.6 is 0 Å². The molecule has 0 aliphatic rings. The molecule has 2 heterocycles. The largest absolute Gasteiger partial charge is 0.467 e. The number of aromatic nitrogens is 2. The van der Waals surface area contributed by atoms with E-state index in [2.05, 4.69) is 19.4 Å². The highest BCUT2D eigenvalue weighted by molar-refractivity contribution is 6.11. The van der Waals surface area contributed by atoms with E-state index in [1.54, 1.807) is 0 Å². The fraction of sp³-hybridized carbons (Fsp3) is 0.267. The van der Waals surface area contributed by atoms with Gasteiger partial charge in [0.2, 0.25) is 17.5 Å². The lowest BCUT2D eigenvalue weighted by Gasteiger charge is -2.13. The molecule has 0 atom stereocenters. The summed E-state index contributed by atoms with van der Waals surface area (Å²) in [5.41, 5.74) is -0.747. The van der Waals surface area contributed by atoms with Crippen LogP contribution in [0.2, 0.25) is 0 Å². The monoisotopic (exact) mass is 380 g/mol. The van der Waals surface area contributed by atoms with Gasteiger partial charge in [0.1, 0.15) is 0 Å². The van der Waals surface area contributed by atoms with Crippen molar-refractivity contribution in [1.29, 1.82) is 0 Å². The van der Waals surface area contributed by atoms with Gasteiger partial charge in [-0.05, 0) is 24.3 Å². The summed E-state index contributed by atoms with van der Waals surface area (Å²) < 4.78 is 82.8. The first kappa shape index (κ1) is 19.5. The van der Waals surface area contributed by atoms with E-state index in [-0.39, 0.29) is 11.1 Å². The summed E-state index contributed by atoms with van der Waals surface area (Å²) in [4.78, 5) is 19.7. The minimum atomic E-state index is -4.66. The summed E-state index contributed by atoms with van der Waals surface area (Å²) >= 11 is 0. The lowest BCUT2D eigenvalue weighted by Crippen LogP contribution is -2.22. The van der Waals surface area contributed by atoms with E-state index < -0.39 is 43.1 Å². The van der Waals surface area contributed by atoms with Crippen LogP contribution in [0.3, 0.4) is 0 Å². The molecule has 0 unspecified atom stereocenters. The maximum Gasteiger partial charge on any atom is 0.422 e. The number of alkyl halides is 6. The summed E-state index contributed by atoms with van der Waals surface area (Å²) in [5, 5.41) is 0. The molecule has 11 heteroatoms. The lowest BCUT2D eigenvalue weighted by atomic mass is 10.1. The molecule has 0 N–H and O–H groups in total. The van der Waals surface area contributed by atoms with Gasteiger partial charge in [-0.3, -0.25) is 4.79 Å². The van der Waals surface area contributed by atoms with Crippen molar-refractivity contribution in [1.82, 2.24) is 9.97 Å². The van der Waals surface area contributed by atoms with Gasteiger partial charge in [-0.25, -0.2) is 9.97 Å². The number of halogens is 6. The minimum absolute atomic E-state index is 0.374. The number of carbonyl (C=O) groups is 1. The second-order valence-corrected chi connectivity index (χ2v) is 4.85. The molecule has 26 heavy (non-hydrogen) atoms. The second-order valence-electron chi connectivity index (χ2n) is 4.85. The van der Waals surface area contributed by atoms with Crippen LogP contribution in [0.5, 0.6) is 11.8 Å². The molecule has 140 valence electrons. The van der Waals surface area contributed by atoms with E-state index >= 15 is 0 Å². The number of pyridine rings is 2. The van der Waals surface area contributed by atoms with E-state index in [9.17, 15) is 31.1 Å². The number of ether oxygens (including phenoxy) is 2. The third kappa shape index (κ3) is 5.60. The quantitative estimate of drug-likeness (QED) is 0.566. The molecular formula is C15H10F6N2O3. The van der Waals surface area contributed by atoms with Crippen molar-refractivity contribution in [2.24, 2.45) is 0 Å². The fourth-order valence-corrected chi connectivity index (χ4v) is 1.80. The smallest absolute Gasteiger partial charge is 0.422 e. The zero-order valence-corrected chi connectivity index (χ0v) is 12.8. The molecule has 0 aromatic carbocycles. The van der Waals surface area contributed by atoms with Crippen LogP contribution in [-0.4, -0.2) is 41.3 Å². The Hall–Kier alpha value is -2.85. The number of rotatable bonds is 6. The molecule has 0 aliphatic carbocycles. The third-order valence-corrected chi connectivity index (χ3v) is 2.78. The van der Waals surface area contributed by atoms with Crippen molar-refractivity contribution in [3.8, 4) is 11.8 Å². The number of ketones is 1. The summed E-state index contributed by atoms with van der Waals surface area (Å²) in [5.74, 6) is -2.17. The first-order chi connectivity index (χ1) is 12.1. The Labute approximate surface area is 142 Å². The SMILES string of the molecule is O=C(c1cccnc1OCC(F)(F)F)c1cccnc1OCC(F)(F)F. The van der Waals surface area contributed by atoms with E-state index in [0.29, 0.717) is 0 Å². The highest BCUT2D eigenvalue weighted by Crippen LogP contribution is 2.26. The van der Waals surface area contributed by atoms with Crippen molar-refractivity contribution in [2.45, 2.75) is 12.4 Å².